The van der Waals surface area contributed by atoms with Crippen LogP contribution < -0.4 is 5.32 Å². The highest BCUT2D eigenvalue weighted by molar-refractivity contribution is 7.89. The van der Waals surface area contributed by atoms with Gasteiger partial charge in [0.2, 0.25) is 15.9 Å². The third kappa shape index (κ3) is 5.64. The van der Waals surface area contributed by atoms with Gasteiger partial charge in [0, 0.05) is 26.1 Å². The number of hydrogen-bond acceptors (Lipinski definition) is 3. The number of aryl methyl sites for hydroxylation is 2. The second-order valence-corrected chi connectivity index (χ2v) is 9.41. The van der Waals surface area contributed by atoms with Gasteiger partial charge in [-0.2, -0.15) is 4.31 Å². The smallest absolute Gasteiger partial charge is 0.243 e. The van der Waals surface area contributed by atoms with Gasteiger partial charge in [0.25, 0.3) is 0 Å². The summed E-state index contributed by atoms with van der Waals surface area (Å²) in [5.74, 6) is -0.410. The maximum absolute atomic E-state index is 13.5. The Morgan fingerprint density at radius 2 is 1.69 bits per heavy atom. The molecule has 1 N–H and O–H groups in total. The largest absolute Gasteiger partial charge is 0.352 e. The van der Waals surface area contributed by atoms with E-state index < -0.39 is 10.0 Å². The molecule has 1 aliphatic heterocycles. The number of amides is 1. The van der Waals surface area contributed by atoms with Crippen molar-refractivity contribution in [2.75, 3.05) is 13.1 Å². The Kier molecular flexibility index (Phi) is 7.03. The molecular weight excluding hydrogens is 391 g/mol. The lowest BCUT2D eigenvalue weighted by Crippen LogP contribution is -2.35. The van der Waals surface area contributed by atoms with Crippen LogP contribution in [0.25, 0.3) is 0 Å². The van der Waals surface area contributed by atoms with Gasteiger partial charge in [0.15, 0.2) is 0 Å². The summed E-state index contributed by atoms with van der Waals surface area (Å²) in [5, 5.41) is 2.79. The van der Waals surface area contributed by atoms with Gasteiger partial charge in [-0.25, -0.2) is 12.8 Å². The van der Waals surface area contributed by atoms with Gasteiger partial charge in [-0.15, -0.1) is 0 Å². The molecule has 0 aromatic heterocycles. The molecule has 1 saturated heterocycles. The number of hydrogen-bond donors (Lipinski definition) is 1. The molecular formula is C22H27FN2O3S. The van der Waals surface area contributed by atoms with Crippen molar-refractivity contribution < 1.29 is 17.6 Å². The predicted octanol–water partition coefficient (Wildman–Crippen LogP) is 3.56. The maximum Gasteiger partial charge on any atom is 0.243 e. The van der Waals surface area contributed by atoms with E-state index in [2.05, 4.69) is 5.32 Å². The molecule has 0 unspecified atom stereocenters. The Morgan fingerprint density at radius 3 is 2.34 bits per heavy atom. The first-order chi connectivity index (χ1) is 13.9. The third-order valence-corrected chi connectivity index (χ3v) is 7.16. The average molecular weight is 419 g/mol. The highest BCUT2D eigenvalue weighted by Crippen LogP contribution is 2.21. The summed E-state index contributed by atoms with van der Waals surface area (Å²) in [6.45, 7) is 3.13. The first-order valence-electron chi connectivity index (χ1n) is 9.97. The number of carbonyl (C=O) groups excluding carboxylic acids is 1. The topological polar surface area (TPSA) is 66.5 Å². The second-order valence-electron chi connectivity index (χ2n) is 7.47. The van der Waals surface area contributed by atoms with Crippen molar-refractivity contribution in [1.82, 2.24) is 9.62 Å². The summed E-state index contributed by atoms with van der Waals surface area (Å²) >= 11 is 0. The molecule has 5 nitrogen and oxygen atoms in total. The number of nitrogens with zero attached hydrogens (tertiary/aromatic N) is 1. The molecule has 1 amide bonds. The highest BCUT2D eigenvalue weighted by Gasteiger charge is 2.25. The van der Waals surface area contributed by atoms with Crippen molar-refractivity contribution in [3.8, 4) is 0 Å². The Bertz CT molecular complexity index is 953. The quantitative estimate of drug-likeness (QED) is 0.748. The molecule has 2 aromatic rings. The monoisotopic (exact) mass is 418 g/mol. The summed E-state index contributed by atoms with van der Waals surface area (Å²) in [6.07, 6.45) is 3.68. The minimum absolute atomic E-state index is 0.129. The number of rotatable bonds is 7. The molecule has 3 rings (SSSR count). The Morgan fingerprint density at radius 1 is 1.03 bits per heavy atom. The van der Waals surface area contributed by atoms with Gasteiger partial charge in [-0.1, -0.05) is 30.7 Å². The zero-order valence-electron chi connectivity index (χ0n) is 16.7. The van der Waals surface area contributed by atoms with Crippen LogP contribution in [0.1, 0.15) is 42.4 Å². The number of sulfonamides is 1. The van der Waals surface area contributed by atoms with E-state index in [0.717, 1.165) is 24.8 Å². The molecule has 1 heterocycles. The van der Waals surface area contributed by atoms with E-state index in [0.29, 0.717) is 35.5 Å². The summed E-state index contributed by atoms with van der Waals surface area (Å²) in [6, 6.07) is 11.7. The van der Waals surface area contributed by atoms with E-state index in [1.54, 1.807) is 47.6 Å². The zero-order valence-corrected chi connectivity index (χ0v) is 17.5. The molecule has 0 spiro atoms. The maximum atomic E-state index is 13.5. The van der Waals surface area contributed by atoms with E-state index in [-0.39, 0.29) is 24.7 Å². The molecule has 2 aromatic carbocycles. The number of carbonyl (C=O) groups is 1. The van der Waals surface area contributed by atoms with Crippen molar-refractivity contribution in [2.24, 2.45) is 0 Å². The van der Waals surface area contributed by atoms with Gasteiger partial charge in [0.1, 0.15) is 5.82 Å². The van der Waals surface area contributed by atoms with Crippen LogP contribution in [0.2, 0.25) is 0 Å². The number of piperidine rings is 1. The van der Waals surface area contributed by atoms with Crippen LogP contribution in [0.3, 0.4) is 0 Å². The Labute approximate surface area is 172 Å². The van der Waals surface area contributed by atoms with Crippen LogP contribution in [-0.4, -0.2) is 31.7 Å². The molecule has 1 aliphatic rings. The normalized spacial score (nSPS) is 15.2. The molecule has 156 valence electrons. The van der Waals surface area contributed by atoms with Crippen molar-refractivity contribution in [3.05, 3.63) is 65.0 Å². The highest BCUT2D eigenvalue weighted by atomic mass is 32.2. The zero-order chi connectivity index (χ0) is 20.9. The standard InChI is InChI=1S/C22H27FN2O3S/c1-17-5-6-19(15-21(17)23)16-24-22(26)12-9-18-7-10-20(11-8-18)29(27,28)25-13-3-2-4-14-25/h5-8,10-11,15H,2-4,9,12-14,16H2,1H3,(H,24,26). The first-order valence-corrected chi connectivity index (χ1v) is 11.4. The summed E-state index contributed by atoms with van der Waals surface area (Å²) in [7, 11) is -3.43. The lowest BCUT2D eigenvalue weighted by atomic mass is 10.1. The van der Waals surface area contributed by atoms with Crippen LogP contribution >= 0.6 is 0 Å². The molecule has 0 aliphatic carbocycles. The molecule has 0 bridgehead atoms. The first kappa shape index (κ1) is 21.5. The van der Waals surface area contributed by atoms with Crippen molar-refractivity contribution in [2.45, 2.75) is 50.5 Å². The van der Waals surface area contributed by atoms with Gasteiger partial charge in [0.05, 0.1) is 4.90 Å². The van der Waals surface area contributed by atoms with Gasteiger partial charge >= 0.3 is 0 Å². The van der Waals surface area contributed by atoms with Gasteiger partial charge in [-0.3, -0.25) is 4.79 Å². The lowest BCUT2D eigenvalue weighted by Gasteiger charge is -2.25. The van der Waals surface area contributed by atoms with Crippen LogP contribution in [0.5, 0.6) is 0 Å². The second kappa shape index (κ2) is 9.50. The van der Waals surface area contributed by atoms with E-state index in [4.69, 9.17) is 0 Å². The summed E-state index contributed by atoms with van der Waals surface area (Å²) in [4.78, 5) is 12.4. The minimum atomic E-state index is -3.43. The number of nitrogens with one attached hydrogen (secondary N) is 1. The van der Waals surface area contributed by atoms with E-state index in [9.17, 15) is 17.6 Å². The summed E-state index contributed by atoms with van der Waals surface area (Å²) in [5.41, 5.74) is 2.19. The molecule has 0 saturated carbocycles. The third-order valence-electron chi connectivity index (χ3n) is 5.24. The van der Waals surface area contributed by atoms with Gasteiger partial charge in [-0.05, 0) is 61.1 Å². The van der Waals surface area contributed by atoms with Gasteiger partial charge < -0.3 is 5.32 Å². The molecule has 0 atom stereocenters. The minimum Gasteiger partial charge on any atom is -0.352 e. The van der Waals surface area contributed by atoms with Crippen molar-refractivity contribution in [3.63, 3.8) is 0 Å². The number of benzene rings is 2. The fourth-order valence-electron chi connectivity index (χ4n) is 3.38. The van der Waals surface area contributed by atoms with Crippen LogP contribution in [-0.2, 0) is 27.8 Å². The van der Waals surface area contributed by atoms with E-state index >= 15 is 0 Å². The van der Waals surface area contributed by atoms with E-state index in [1.807, 2.05) is 0 Å². The SMILES string of the molecule is Cc1ccc(CNC(=O)CCc2ccc(S(=O)(=O)N3CCCCC3)cc2)cc1F. The number of halogens is 1. The van der Waals surface area contributed by atoms with Crippen LogP contribution in [0.15, 0.2) is 47.4 Å². The molecule has 29 heavy (non-hydrogen) atoms. The fraction of sp³-hybridized carbons (Fsp3) is 0.409. The fourth-order valence-corrected chi connectivity index (χ4v) is 4.89. The van der Waals surface area contributed by atoms with Crippen LogP contribution in [0, 0.1) is 12.7 Å². The Hall–Kier alpha value is -2.25. The average Bonchev–Trinajstić information content (AvgIpc) is 2.74. The summed E-state index contributed by atoms with van der Waals surface area (Å²) < 4.78 is 40.4. The molecule has 7 heteroatoms. The molecule has 0 radical (unpaired) electrons. The van der Waals surface area contributed by atoms with E-state index in [1.165, 1.54) is 6.07 Å². The Balaban J connectivity index is 1.50. The van der Waals surface area contributed by atoms with Crippen LogP contribution in [0.4, 0.5) is 4.39 Å². The van der Waals surface area contributed by atoms with Crippen molar-refractivity contribution >= 4 is 15.9 Å². The predicted molar refractivity (Wildman–Crippen MR) is 110 cm³/mol. The lowest BCUT2D eigenvalue weighted by molar-refractivity contribution is -0.121. The molecule has 1 fully saturated rings. The van der Waals surface area contributed by atoms with Crippen molar-refractivity contribution in [1.29, 1.82) is 0 Å².